The average molecular weight is 479 g/mol. The van der Waals surface area contributed by atoms with Crippen LogP contribution in [0.3, 0.4) is 0 Å². The van der Waals surface area contributed by atoms with Gasteiger partial charge in [0.1, 0.15) is 11.0 Å². The largest absolute Gasteiger partial charge is 0.322 e. The van der Waals surface area contributed by atoms with Gasteiger partial charge in [0.15, 0.2) is 0 Å². The minimum absolute atomic E-state index is 0.0975. The Hall–Kier alpha value is -3.75. The molecule has 3 aromatic heterocycles. The first-order valence-corrected chi connectivity index (χ1v) is 10.8. The number of benzene rings is 1. The molecule has 4 aromatic rings. The first kappa shape index (κ1) is 21.1. The number of aromatic nitrogens is 4. The predicted octanol–water partition coefficient (Wildman–Crippen LogP) is 4.63. The van der Waals surface area contributed by atoms with E-state index in [4.69, 9.17) is 23.2 Å². The van der Waals surface area contributed by atoms with Gasteiger partial charge in [0.2, 0.25) is 0 Å². The van der Waals surface area contributed by atoms with Gasteiger partial charge in [-0.1, -0.05) is 23.2 Å². The summed E-state index contributed by atoms with van der Waals surface area (Å²) in [6, 6.07) is 11.6. The average Bonchev–Trinajstić information content (AvgIpc) is 3.22. The number of pyridine rings is 2. The molecule has 0 unspecified atom stereocenters. The number of hydrogen-bond donors (Lipinski definition) is 2. The number of carbonyl (C=O) groups excluding carboxylic acids is 2. The van der Waals surface area contributed by atoms with E-state index in [9.17, 15) is 9.59 Å². The van der Waals surface area contributed by atoms with Crippen LogP contribution in [0.4, 0.5) is 11.5 Å². The van der Waals surface area contributed by atoms with Crippen LogP contribution in [-0.2, 0) is 6.42 Å². The molecule has 0 atom stereocenters. The molecule has 0 spiro atoms. The van der Waals surface area contributed by atoms with E-state index in [1.54, 1.807) is 41.6 Å². The summed E-state index contributed by atoms with van der Waals surface area (Å²) in [6.07, 6.45) is 5.52. The van der Waals surface area contributed by atoms with E-state index in [1.165, 1.54) is 12.3 Å². The number of nitrogens with zero attached hydrogens (tertiary/aromatic N) is 4. The van der Waals surface area contributed by atoms with Crippen LogP contribution in [0.25, 0.3) is 11.3 Å². The molecule has 33 heavy (non-hydrogen) atoms. The van der Waals surface area contributed by atoms with Crippen molar-refractivity contribution in [3.05, 3.63) is 87.9 Å². The van der Waals surface area contributed by atoms with E-state index in [-0.39, 0.29) is 21.6 Å². The molecule has 0 saturated heterocycles. The highest BCUT2D eigenvalue weighted by Crippen LogP contribution is 2.35. The number of nitrogens with one attached hydrogen (secondary N) is 2. The topological polar surface area (TPSA) is 104 Å². The van der Waals surface area contributed by atoms with Gasteiger partial charge in [-0.15, -0.1) is 0 Å². The Labute approximate surface area is 198 Å². The molecule has 0 aliphatic carbocycles. The molecule has 1 aromatic carbocycles. The number of carbonyl (C=O) groups is 2. The second-order valence-electron chi connectivity index (χ2n) is 7.34. The second-order valence-corrected chi connectivity index (χ2v) is 8.11. The van der Waals surface area contributed by atoms with Crippen LogP contribution >= 0.6 is 23.2 Å². The lowest BCUT2D eigenvalue weighted by Gasteiger charge is -2.22. The Morgan fingerprint density at radius 1 is 1.03 bits per heavy atom. The van der Waals surface area contributed by atoms with Crippen molar-refractivity contribution in [3.8, 4) is 11.3 Å². The minimum atomic E-state index is -0.427. The molecule has 2 N–H and O–H groups in total. The normalized spacial score (nSPS) is 12.5. The first-order valence-electron chi connectivity index (χ1n) is 10.0. The zero-order valence-corrected chi connectivity index (χ0v) is 18.6. The van der Waals surface area contributed by atoms with Crippen molar-refractivity contribution in [1.82, 2.24) is 20.2 Å². The number of H-pyrrole nitrogens is 1. The number of hydrogen-bond acceptors (Lipinski definition) is 5. The lowest BCUT2D eigenvalue weighted by atomic mass is 10.1. The highest BCUT2D eigenvalue weighted by molar-refractivity contribution is 6.35. The van der Waals surface area contributed by atoms with Gasteiger partial charge >= 0.3 is 0 Å². The maximum absolute atomic E-state index is 13.5. The Bertz CT molecular complexity index is 1390. The van der Waals surface area contributed by atoms with E-state index >= 15 is 0 Å². The third-order valence-electron chi connectivity index (χ3n) is 5.34. The molecule has 0 bridgehead atoms. The number of anilines is 2. The quantitative estimate of drug-likeness (QED) is 0.417. The highest BCUT2D eigenvalue weighted by Gasteiger charge is 2.28. The van der Waals surface area contributed by atoms with Gasteiger partial charge in [-0.3, -0.25) is 19.6 Å². The number of rotatable bonds is 3. The van der Waals surface area contributed by atoms with Crippen LogP contribution in [-0.4, -0.2) is 38.5 Å². The Morgan fingerprint density at radius 2 is 1.85 bits per heavy atom. The molecule has 2 amide bonds. The zero-order chi connectivity index (χ0) is 22.9. The van der Waals surface area contributed by atoms with Crippen molar-refractivity contribution in [2.24, 2.45) is 0 Å². The van der Waals surface area contributed by atoms with Crippen LogP contribution in [0.15, 0.2) is 61.1 Å². The fraction of sp³-hybridized carbons (Fsp3) is 0.0870. The van der Waals surface area contributed by atoms with Crippen LogP contribution in [0.1, 0.15) is 26.3 Å². The summed E-state index contributed by atoms with van der Waals surface area (Å²) in [5.74, 6) is -0.181. The molecule has 0 saturated carbocycles. The van der Waals surface area contributed by atoms with E-state index in [1.807, 2.05) is 12.1 Å². The minimum Gasteiger partial charge on any atom is -0.322 e. The summed E-state index contributed by atoms with van der Waals surface area (Å²) in [4.78, 5) is 35.9. The summed E-state index contributed by atoms with van der Waals surface area (Å²) >= 11 is 12.5. The van der Waals surface area contributed by atoms with Gasteiger partial charge in [-0.2, -0.15) is 5.10 Å². The smallest absolute Gasteiger partial charge is 0.260 e. The number of fused-ring (bicyclic) bond motifs is 3. The van der Waals surface area contributed by atoms with Crippen molar-refractivity contribution in [2.45, 2.75) is 6.42 Å². The van der Waals surface area contributed by atoms with Gasteiger partial charge in [0, 0.05) is 30.2 Å². The van der Waals surface area contributed by atoms with Crippen LogP contribution in [0.5, 0.6) is 0 Å². The maximum Gasteiger partial charge on any atom is 0.260 e. The molecule has 4 heterocycles. The van der Waals surface area contributed by atoms with Gasteiger partial charge in [-0.25, -0.2) is 9.97 Å². The van der Waals surface area contributed by atoms with E-state index < -0.39 is 5.91 Å². The van der Waals surface area contributed by atoms with Crippen molar-refractivity contribution in [2.75, 3.05) is 16.8 Å². The van der Waals surface area contributed by atoms with Crippen LogP contribution in [0.2, 0.25) is 10.2 Å². The number of halogens is 2. The van der Waals surface area contributed by atoms with Gasteiger partial charge in [-0.05, 0) is 54.4 Å². The van der Waals surface area contributed by atoms with Gasteiger partial charge in [0.05, 0.1) is 28.0 Å². The first-order chi connectivity index (χ1) is 16.0. The second kappa shape index (κ2) is 8.65. The van der Waals surface area contributed by atoms with Crippen molar-refractivity contribution in [1.29, 1.82) is 0 Å². The molecule has 1 aliphatic rings. The van der Waals surface area contributed by atoms with E-state index in [0.29, 0.717) is 30.0 Å². The third kappa shape index (κ3) is 3.94. The van der Waals surface area contributed by atoms with Crippen molar-refractivity contribution >= 4 is 46.5 Å². The zero-order valence-electron chi connectivity index (χ0n) is 17.0. The lowest BCUT2D eigenvalue weighted by molar-refractivity contribution is 0.0985. The molecular weight excluding hydrogens is 463 g/mol. The monoisotopic (exact) mass is 478 g/mol. The molecular formula is C23H16Cl2N6O2. The van der Waals surface area contributed by atoms with E-state index in [2.05, 4.69) is 25.5 Å². The van der Waals surface area contributed by atoms with Gasteiger partial charge in [0.25, 0.3) is 11.8 Å². The molecule has 0 radical (unpaired) electrons. The van der Waals surface area contributed by atoms with Gasteiger partial charge < -0.3 is 5.32 Å². The Kier molecular flexibility index (Phi) is 5.53. The fourth-order valence-corrected chi connectivity index (χ4v) is 4.21. The Balaban J connectivity index is 1.42. The molecule has 8 nitrogen and oxygen atoms in total. The van der Waals surface area contributed by atoms with Crippen LogP contribution in [0, 0.1) is 0 Å². The lowest BCUT2D eigenvalue weighted by Crippen LogP contribution is -2.33. The van der Waals surface area contributed by atoms with Crippen molar-refractivity contribution < 1.29 is 9.59 Å². The standard InChI is InChI=1S/C23H16Cl2N6O2/c24-18-11-14(29-22(32)17-4-2-8-26-20(17)25)5-6-15(18)23(33)31-10-7-13-12-28-30-19(13)16-3-1-9-27-21(16)31/h1-6,8-9,11-12H,7,10H2,(H,28,30)(H,29,32). The summed E-state index contributed by atoms with van der Waals surface area (Å²) in [5.41, 5.74) is 3.63. The molecule has 1 aliphatic heterocycles. The molecule has 164 valence electrons. The Morgan fingerprint density at radius 3 is 2.67 bits per heavy atom. The fourth-order valence-electron chi connectivity index (χ4n) is 3.74. The summed E-state index contributed by atoms with van der Waals surface area (Å²) in [5, 5.41) is 10.1. The summed E-state index contributed by atoms with van der Waals surface area (Å²) in [6.45, 7) is 0.420. The SMILES string of the molecule is O=C(Nc1ccc(C(=O)N2CCc3cn[nH]c3-c3cccnc32)c(Cl)c1)c1cccnc1Cl. The summed E-state index contributed by atoms with van der Waals surface area (Å²) < 4.78 is 0. The summed E-state index contributed by atoms with van der Waals surface area (Å²) in [7, 11) is 0. The molecule has 10 heteroatoms. The van der Waals surface area contributed by atoms with E-state index in [0.717, 1.165) is 16.8 Å². The molecule has 5 rings (SSSR count). The molecule has 0 fully saturated rings. The third-order valence-corrected chi connectivity index (χ3v) is 5.95. The number of aromatic amines is 1. The maximum atomic E-state index is 13.5. The highest BCUT2D eigenvalue weighted by atomic mass is 35.5. The number of amides is 2. The van der Waals surface area contributed by atoms with Crippen molar-refractivity contribution in [3.63, 3.8) is 0 Å². The predicted molar refractivity (Wildman–Crippen MR) is 126 cm³/mol. The van der Waals surface area contributed by atoms with Crippen LogP contribution < -0.4 is 10.2 Å².